The van der Waals surface area contributed by atoms with Gasteiger partial charge < -0.3 is 14.0 Å². The molecule has 29 heavy (non-hydrogen) atoms. The smallest absolute Gasteiger partial charge is 0.0716 e. The van der Waals surface area contributed by atoms with Gasteiger partial charge in [0.05, 0.1) is 25.4 Å². The maximum atomic E-state index is 6.19. The van der Waals surface area contributed by atoms with E-state index in [0.29, 0.717) is 6.61 Å². The summed E-state index contributed by atoms with van der Waals surface area (Å²) in [6, 6.07) is 10.4. The summed E-state index contributed by atoms with van der Waals surface area (Å²) in [5, 5.41) is 0. The Labute approximate surface area is 182 Å². The number of hydrogen-bond donors (Lipinski definition) is 0. The Hall–Kier alpha value is -0.470. The molecule has 0 radical (unpaired) electrons. The molecule has 4 heteroatoms. The normalized spacial score (nSPS) is 13.7. The summed E-state index contributed by atoms with van der Waals surface area (Å²) in [6.45, 7) is 21.0. The standard InChI is InChI=1S/C25H45O3P/c1-22(2,14-15-26-16-21-12-10-9-11-13-21)17-23(3,4)19-27-20-24(5,6)18-25(7,8)28-29/h9-13H,14-20,29H2,1-8H3. The average Bonchev–Trinajstić information content (AvgIpc) is 2.57. The quantitative estimate of drug-likeness (QED) is 0.236. The third-order valence-corrected chi connectivity index (χ3v) is 5.84. The summed E-state index contributed by atoms with van der Waals surface area (Å²) in [5.41, 5.74) is 1.50. The summed E-state index contributed by atoms with van der Waals surface area (Å²) < 4.78 is 17.6. The van der Waals surface area contributed by atoms with Crippen molar-refractivity contribution in [3.63, 3.8) is 0 Å². The molecule has 1 aromatic rings. The van der Waals surface area contributed by atoms with Crippen LogP contribution in [0.1, 0.15) is 80.2 Å². The van der Waals surface area contributed by atoms with E-state index in [1.54, 1.807) is 0 Å². The van der Waals surface area contributed by atoms with Crippen molar-refractivity contribution in [2.45, 2.75) is 86.9 Å². The second kappa shape index (κ2) is 11.2. The van der Waals surface area contributed by atoms with Crippen molar-refractivity contribution >= 4 is 9.47 Å². The first kappa shape index (κ1) is 26.6. The first-order valence-corrected chi connectivity index (χ1v) is 11.3. The van der Waals surface area contributed by atoms with Crippen LogP contribution in [0.15, 0.2) is 30.3 Å². The molecule has 0 aromatic heterocycles. The second-order valence-electron chi connectivity index (χ2n) is 11.5. The van der Waals surface area contributed by atoms with Crippen molar-refractivity contribution in [2.75, 3.05) is 19.8 Å². The second-order valence-corrected chi connectivity index (χ2v) is 11.7. The van der Waals surface area contributed by atoms with E-state index in [0.717, 1.165) is 39.1 Å². The van der Waals surface area contributed by atoms with Gasteiger partial charge in [0.15, 0.2) is 0 Å². The molecule has 0 amide bonds. The Bertz CT molecular complexity index is 579. The first-order chi connectivity index (χ1) is 13.3. The molecule has 0 N–H and O–H groups in total. The summed E-state index contributed by atoms with van der Waals surface area (Å²) in [5.74, 6) is 0. The van der Waals surface area contributed by atoms with Crippen molar-refractivity contribution in [3.8, 4) is 0 Å². The van der Waals surface area contributed by atoms with Crippen LogP contribution in [0, 0.1) is 16.2 Å². The van der Waals surface area contributed by atoms with E-state index in [2.05, 4.69) is 89.1 Å². The number of ether oxygens (including phenoxy) is 2. The fraction of sp³-hybridized carbons (Fsp3) is 0.760. The Morgan fingerprint density at radius 2 is 1.28 bits per heavy atom. The lowest BCUT2D eigenvalue weighted by atomic mass is 9.74. The molecule has 1 rings (SSSR count). The minimum absolute atomic E-state index is 0.0803. The van der Waals surface area contributed by atoms with E-state index in [1.165, 1.54) is 5.56 Å². The molecular formula is C25H45O3P. The molecule has 1 aromatic carbocycles. The summed E-state index contributed by atoms with van der Waals surface area (Å²) in [4.78, 5) is 0. The van der Waals surface area contributed by atoms with E-state index in [-0.39, 0.29) is 21.8 Å². The van der Waals surface area contributed by atoms with Crippen molar-refractivity contribution in [3.05, 3.63) is 35.9 Å². The third kappa shape index (κ3) is 12.1. The molecule has 0 fully saturated rings. The first-order valence-electron chi connectivity index (χ1n) is 10.8. The van der Waals surface area contributed by atoms with Crippen LogP contribution < -0.4 is 0 Å². The number of hydrogen-bond acceptors (Lipinski definition) is 3. The lowest BCUT2D eigenvalue weighted by Crippen LogP contribution is -2.34. The average molecular weight is 425 g/mol. The van der Waals surface area contributed by atoms with E-state index in [9.17, 15) is 0 Å². The molecule has 168 valence electrons. The van der Waals surface area contributed by atoms with E-state index < -0.39 is 0 Å². The summed E-state index contributed by atoms with van der Waals surface area (Å²) in [7, 11) is 2.39. The molecule has 0 aliphatic carbocycles. The minimum atomic E-state index is -0.158. The Balaban J connectivity index is 2.37. The van der Waals surface area contributed by atoms with E-state index in [1.807, 2.05) is 6.07 Å². The molecule has 0 spiro atoms. The Morgan fingerprint density at radius 1 is 0.724 bits per heavy atom. The van der Waals surface area contributed by atoms with Crippen LogP contribution in [0.5, 0.6) is 0 Å². The van der Waals surface area contributed by atoms with E-state index in [4.69, 9.17) is 14.0 Å². The predicted molar refractivity (Wildman–Crippen MR) is 127 cm³/mol. The van der Waals surface area contributed by atoms with Gasteiger partial charge in [0.1, 0.15) is 0 Å². The maximum Gasteiger partial charge on any atom is 0.0716 e. The van der Waals surface area contributed by atoms with Gasteiger partial charge >= 0.3 is 0 Å². The fourth-order valence-corrected chi connectivity index (χ4v) is 4.48. The van der Waals surface area contributed by atoms with Crippen molar-refractivity contribution in [1.29, 1.82) is 0 Å². The monoisotopic (exact) mass is 424 g/mol. The van der Waals surface area contributed by atoms with Gasteiger partial charge in [-0.05, 0) is 54.9 Å². The molecule has 0 aliphatic rings. The van der Waals surface area contributed by atoms with Gasteiger partial charge in [-0.3, -0.25) is 0 Å². The van der Waals surface area contributed by atoms with Gasteiger partial charge in [-0.2, -0.15) is 0 Å². The molecular weight excluding hydrogens is 379 g/mol. The van der Waals surface area contributed by atoms with Gasteiger partial charge in [0.2, 0.25) is 0 Å². The molecule has 0 saturated heterocycles. The fourth-order valence-electron chi connectivity index (χ4n) is 4.40. The highest BCUT2D eigenvalue weighted by atomic mass is 31.0. The van der Waals surface area contributed by atoms with Crippen LogP contribution in [0.25, 0.3) is 0 Å². The Kier molecular flexibility index (Phi) is 10.3. The lowest BCUT2D eigenvalue weighted by Gasteiger charge is -2.37. The maximum absolute atomic E-state index is 6.19. The zero-order chi connectivity index (χ0) is 22.2. The van der Waals surface area contributed by atoms with Gasteiger partial charge in [0.25, 0.3) is 0 Å². The third-order valence-electron chi connectivity index (χ3n) is 5.20. The molecule has 0 saturated carbocycles. The van der Waals surface area contributed by atoms with Crippen molar-refractivity contribution < 1.29 is 14.0 Å². The SMILES string of the molecule is CC(C)(CCOCc1ccccc1)CC(C)(C)COCC(C)(C)CC(C)(C)OP. The molecule has 0 heterocycles. The van der Waals surface area contributed by atoms with Gasteiger partial charge in [-0.1, -0.05) is 71.9 Å². The van der Waals surface area contributed by atoms with Crippen LogP contribution in [0.3, 0.4) is 0 Å². The molecule has 1 atom stereocenters. The van der Waals surface area contributed by atoms with Crippen LogP contribution in [0.2, 0.25) is 0 Å². The number of benzene rings is 1. The van der Waals surface area contributed by atoms with Crippen molar-refractivity contribution in [1.82, 2.24) is 0 Å². The van der Waals surface area contributed by atoms with Gasteiger partial charge in [0, 0.05) is 16.1 Å². The molecule has 0 bridgehead atoms. The molecule has 3 nitrogen and oxygen atoms in total. The highest BCUT2D eigenvalue weighted by Gasteiger charge is 2.32. The number of rotatable bonds is 14. The molecule has 1 unspecified atom stereocenters. The zero-order valence-electron chi connectivity index (χ0n) is 20.1. The van der Waals surface area contributed by atoms with Crippen LogP contribution in [-0.2, 0) is 20.6 Å². The zero-order valence-corrected chi connectivity index (χ0v) is 21.3. The minimum Gasteiger partial charge on any atom is -0.380 e. The highest BCUT2D eigenvalue weighted by Crippen LogP contribution is 2.37. The van der Waals surface area contributed by atoms with Crippen molar-refractivity contribution in [2.24, 2.45) is 16.2 Å². The summed E-state index contributed by atoms with van der Waals surface area (Å²) in [6.07, 6.45) is 3.11. The van der Waals surface area contributed by atoms with Crippen LogP contribution in [0.4, 0.5) is 0 Å². The lowest BCUT2D eigenvalue weighted by molar-refractivity contribution is -0.0262. The van der Waals surface area contributed by atoms with E-state index >= 15 is 0 Å². The topological polar surface area (TPSA) is 27.7 Å². The van der Waals surface area contributed by atoms with Crippen LogP contribution >= 0.6 is 9.47 Å². The largest absolute Gasteiger partial charge is 0.380 e. The van der Waals surface area contributed by atoms with Crippen LogP contribution in [-0.4, -0.2) is 25.4 Å². The Morgan fingerprint density at radius 3 is 1.83 bits per heavy atom. The summed E-state index contributed by atoms with van der Waals surface area (Å²) >= 11 is 0. The highest BCUT2D eigenvalue weighted by molar-refractivity contribution is 7.09. The molecule has 0 aliphatic heterocycles. The van der Waals surface area contributed by atoms with Gasteiger partial charge in [-0.15, -0.1) is 0 Å². The van der Waals surface area contributed by atoms with Gasteiger partial charge in [-0.25, -0.2) is 0 Å². The predicted octanol–water partition coefficient (Wildman–Crippen LogP) is 7.05.